The molecule has 0 bridgehead atoms. The molecule has 1 aromatic carbocycles. The predicted molar refractivity (Wildman–Crippen MR) is 111 cm³/mol. The Morgan fingerprint density at radius 1 is 1.06 bits per heavy atom. The monoisotopic (exact) mass is 423 g/mol. The third kappa shape index (κ3) is 3.24. The summed E-state index contributed by atoms with van der Waals surface area (Å²) in [5.74, 6) is 3.01. The summed E-state index contributed by atoms with van der Waals surface area (Å²) in [6.07, 6.45) is 4.10. The van der Waals surface area contributed by atoms with Gasteiger partial charge in [0.15, 0.2) is 23.1 Å². The summed E-state index contributed by atoms with van der Waals surface area (Å²) in [5, 5.41) is 12.8. The largest absolute Gasteiger partial charge is 0.493 e. The van der Waals surface area contributed by atoms with Gasteiger partial charge in [-0.25, -0.2) is 0 Å². The second-order valence-electron chi connectivity index (χ2n) is 8.06. The van der Waals surface area contributed by atoms with Crippen molar-refractivity contribution >= 4 is 5.91 Å². The molecule has 1 amide bonds. The summed E-state index contributed by atoms with van der Waals surface area (Å²) >= 11 is 0. The zero-order valence-electron chi connectivity index (χ0n) is 17.9. The number of carbonyl (C=O) groups is 1. The van der Waals surface area contributed by atoms with E-state index in [1.165, 1.54) is 0 Å². The van der Waals surface area contributed by atoms with Crippen molar-refractivity contribution < 1.29 is 18.8 Å². The van der Waals surface area contributed by atoms with Crippen LogP contribution < -0.4 is 9.47 Å². The highest BCUT2D eigenvalue weighted by atomic mass is 16.5. The first kappa shape index (κ1) is 19.6. The minimum absolute atomic E-state index is 0.0639. The quantitative estimate of drug-likeness (QED) is 0.635. The van der Waals surface area contributed by atoms with Gasteiger partial charge in [-0.15, -0.1) is 10.2 Å². The van der Waals surface area contributed by atoms with E-state index in [-0.39, 0.29) is 23.8 Å². The number of hydrogen-bond acceptors (Lipinski definition) is 7. The van der Waals surface area contributed by atoms with Gasteiger partial charge in [0, 0.05) is 11.6 Å². The minimum Gasteiger partial charge on any atom is -0.493 e. The van der Waals surface area contributed by atoms with Crippen molar-refractivity contribution in [2.24, 2.45) is 0 Å². The van der Waals surface area contributed by atoms with Crippen LogP contribution in [0.1, 0.15) is 53.8 Å². The Kier molecular flexibility index (Phi) is 4.88. The summed E-state index contributed by atoms with van der Waals surface area (Å²) in [7, 11) is 3.23. The number of aromatic nitrogens is 4. The van der Waals surface area contributed by atoms with Gasteiger partial charge in [0.1, 0.15) is 0 Å². The molecule has 3 aromatic rings. The van der Waals surface area contributed by atoms with Gasteiger partial charge in [-0.3, -0.25) is 4.79 Å². The Morgan fingerprint density at radius 3 is 2.55 bits per heavy atom. The van der Waals surface area contributed by atoms with E-state index in [2.05, 4.69) is 19.9 Å². The van der Waals surface area contributed by atoms with Crippen molar-refractivity contribution in [3.05, 3.63) is 41.5 Å². The normalized spacial score (nSPS) is 20.2. The molecule has 0 radical (unpaired) electrons. The van der Waals surface area contributed by atoms with Crippen LogP contribution in [-0.4, -0.2) is 51.0 Å². The van der Waals surface area contributed by atoms with Crippen LogP contribution >= 0.6 is 0 Å². The lowest BCUT2D eigenvalue weighted by Gasteiger charge is -2.44. The van der Waals surface area contributed by atoms with Gasteiger partial charge in [0.05, 0.1) is 38.5 Å². The summed E-state index contributed by atoms with van der Waals surface area (Å²) in [4.78, 5) is 15.1. The van der Waals surface area contributed by atoms with Crippen molar-refractivity contribution in [2.75, 3.05) is 14.2 Å². The average molecular weight is 423 g/mol. The molecule has 2 aromatic heterocycles. The Morgan fingerprint density at radius 2 is 1.84 bits per heavy atom. The van der Waals surface area contributed by atoms with Gasteiger partial charge < -0.3 is 23.5 Å². The molecule has 2 aliphatic rings. The number of hydrogen-bond donors (Lipinski definition) is 0. The number of nitrogens with zero attached hydrogens (tertiary/aromatic N) is 5. The lowest BCUT2D eigenvalue weighted by Crippen LogP contribution is -2.50. The van der Waals surface area contributed by atoms with E-state index >= 15 is 0 Å². The summed E-state index contributed by atoms with van der Waals surface area (Å²) < 4.78 is 18.3. The molecule has 1 aliphatic heterocycles. The fraction of sp³-hybridized carbons (Fsp3) is 0.455. The molecule has 2 atom stereocenters. The van der Waals surface area contributed by atoms with Crippen LogP contribution in [0.3, 0.4) is 0 Å². The van der Waals surface area contributed by atoms with Crippen molar-refractivity contribution in [3.8, 4) is 22.9 Å². The molecule has 9 nitrogen and oxygen atoms in total. The van der Waals surface area contributed by atoms with Gasteiger partial charge in [-0.2, -0.15) is 0 Å². The molecule has 31 heavy (non-hydrogen) atoms. The Bertz CT molecular complexity index is 1120. The van der Waals surface area contributed by atoms with Crippen molar-refractivity contribution in [1.29, 1.82) is 0 Å². The van der Waals surface area contributed by atoms with Gasteiger partial charge >= 0.3 is 0 Å². The molecule has 9 heteroatoms. The fourth-order valence-corrected chi connectivity index (χ4v) is 4.81. The maximum Gasteiger partial charge on any atom is 0.293 e. The number of rotatable bonds is 4. The number of aryl methyl sites for hydroxylation is 1. The van der Waals surface area contributed by atoms with Crippen LogP contribution in [0.15, 0.2) is 28.8 Å². The maximum atomic E-state index is 13.2. The van der Waals surface area contributed by atoms with E-state index in [9.17, 15) is 4.79 Å². The third-order valence-corrected chi connectivity index (χ3v) is 6.25. The highest BCUT2D eigenvalue weighted by Crippen LogP contribution is 2.41. The van der Waals surface area contributed by atoms with Gasteiger partial charge in [-0.1, -0.05) is 18.0 Å². The van der Waals surface area contributed by atoms with Gasteiger partial charge in [0.2, 0.25) is 5.76 Å². The van der Waals surface area contributed by atoms with Crippen LogP contribution in [0.25, 0.3) is 11.4 Å². The standard InChI is InChI=1S/C22H25N5O4/c1-13-10-19(31-25-13)22(28)26-12-20-23-24-21(27(20)16-7-5-4-6-15(16)26)14-8-9-17(29-2)18(11-14)30-3/h8-11,15-16H,4-7,12H2,1-3H3/t15-,16+/m1/s1. The molecule has 0 spiro atoms. The van der Waals surface area contributed by atoms with Crippen LogP contribution in [0.4, 0.5) is 0 Å². The molecule has 1 saturated carbocycles. The van der Waals surface area contributed by atoms with E-state index in [1.54, 1.807) is 20.3 Å². The van der Waals surface area contributed by atoms with E-state index in [0.29, 0.717) is 23.7 Å². The fourth-order valence-electron chi connectivity index (χ4n) is 4.81. The molecule has 0 unspecified atom stereocenters. The topological polar surface area (TPSA) is 95.5 Å². The summed E-state index contributed by atoms with van der Waals surface area (Å²) in [5.41, 5.74) is 1.60. The SMILES string of the molecule is COc1ccc(-c2nnc3n2[C@H]2CCCC[C@H]2N(C(=O)c2cc(C)no2)C3)cc1OC. The van der Waals surface area contributed by atoms with Crippen molar-refractivity contribution in [1.82, 2.24) is 24.8 Å². The Labute approximate surface area is 179 Å². The second-order valence-corrected chi connectivity index (χ2v) is 8.06. The smallest absolute Gasteiger partial charge is 0.293 e. The Balaban J connectivity index is 1.55. The lowest BCUT2D eigenvalue weighted by molar-refractivity contribution is 0.0383. The molecule has 0 N–H and O–H groups in total. The summed E-state index contributed by atoms with van der Waals surface area (Å²) in [6.45, 7) is 2.20. The predicted octanol–water partition coefficient (Wildman–Crippen LogP) is 3.40. The molecule has 162 valence electrons. The Hall–Kier alpha value is -3.36. The zero-order valence-corrected chi connectivity index (χ0v) is 17.9. The van der Waals surface area contributed by atoms with Crippen LogP contribution in [0, 0.1) is 6.92 Å². The van der Waals surface area contributed by atoms with Crippen LogP contribution in [0.2, 0.25) is 0 Å². The summed E-state index contributed by atoms with van der Waals surface area (Å²) in [6, 6.07) is 7.62. The molecule has 3 heterocycles. The molecule has 1 fully saturated rings. The average Bonchev–Trinajstić information content (AvgIpc) is 3.44. The number of methoxy groups -OCH3 is 2. The molecule has 0 saturated heterocycles. The number of fused-ring (bicyclic) bond motifs is 3. The number of benzene rings is 1. The van der Waals surface area contributed by atoms with E-state index in [0.717, 1.165) is 42.9 Å². The van der Waals surface area contributed by atoms with Gasteiger partial charge in [-0.05, 0) is 38.0 Å². The highest BCUT2D eigenvalue weighted by molar-refractivity contribution is 5.91. The number of amides is 1. The maximum absolute atomic E-state index is 13.2. The van der Waals surface area contributed by atoms with E-state index in [1.807, 2.05) is 30.0 Å². The third-order valence-electron chi connectivity index (χ3n) is 6.25. The van der Waals surface area contributed by atoms with E-state index < -0.39 is 0 Å². The minimum atomic E-state index is -0.139. The lowest BCUT2D eigenvalue weighted by atomic mass is 9.87. The van der Waals surface area contributed by atoms with E-state index in [4.69, 9.17) is 14.0 Å². The first-order valence-corrected chi connectivity index (χ1v) is 10.5. The molecular weight excluding hydrogens is 398 g/mol. The molecular formula is C22H25N5O4. The van der Waals surface area contributed by atoms with Crippen molar-refractivity contribution in [2.45, 2.75) is 51.2 Å². The molecule has 1 aliphatic carbocycles. The number of carbonyl (C=O) groups excluding carboxylic acids is 1. The van der Waals surface area contributed by atoms with Gasteiger partial charge in [0.25, 0.3) is 5.91 Å². The second kappa shape index (κ2) is 7.72. The zero-order chi connectivity index (χ0) is 21.5. The number of ether oxygens (including phenoxy) is 2. The van der Waals surface area contributed by atoms with Crippen molar-refractivity contribution in [3.63, 3.8) is 0 Å². The first-order valence-electron chi connectivity index (χ1n) is 10.5. The van der Waals surface area contributed by atoms with Crippen LogP contribution in [-0.2, 0) is 6.54 Å². The first-order chi connectivity index (χ1) is 15.1. The molecule has 5 rings (SSSR count). The van der Waals surface area contributed by atoms with Crippen LogP contribution in [0.5, 0.6) is 11.5 Å². The highest BCUT2D eigenvalue weighted by Gasteiger charge is 2.42.